The highest BCUT2D eigenvalue weighted by atomic mass is 16.2. The largest absolute Gasteiger partial charge is 0.345 e. The van der Waals surface area contributed by atoms with Gasteiger partial charge in [0, 0.05) is 12.6 Å². The molecule has 2 aliphatic heterocycles. The maximum Gasteiger partial charge on any atom is 0.248 e. The van der Waals surface area contributed by atoms with Crippen molar-refractivity contribution in [3.63, 3.8) is 0 Å². The van der Waals surface area contributed by atoms with Gasteiger partial charge in [0.25, 0.3) is 0 Å². The quantitative estimate of drug-likeness (QED) is 0.616. The number of anilines is 1. The summed E-state index contributed by atoms with van der Waals surface area (Å²) in [5.41, 5.74) is 0.966. The Kier molecular flexibility index (Phi) is 1.56. The molecule has 0 radical (unpaired) electrons. The third-order valence-electron chi connectivity index (χ3n) is 2.81. The number of carbonyl (C=O) groups excluding carboxylic acids is 2. The lowest BCUT2D eigenvalue weighted by Crippen LogP contribution is -2.57. The molecule has 5 nitrogen and oxygen atoms in total. The van der Waals surface area contributed by atoms with Gasteiger partial charge in [-0.05, 0) is 11.6 Å². The highest BCUT2D eigenvalue weighted by Crippen LogP contribution is 2.30. The predicted molar refractivity (Wildman–Crippen MR) is 52.2 cm³/mol. The van der Waals surface area contributed by atoms with Gasteiger partial charge < -0.3 is 5.32 Å². The average molecular weight is 203 g/mol. The third-order valence-corrected chi connectivity index (χ3v) is 2.81. The fraction of sp³-hybridized carbons (Fsp3) is 0.300. The summed E-state index contributed by atoms with van der Waals surface area (Å²) in [5.74, 6) is 0.465. The first-order chi connectivity index (χ1) is 7.27. The van der Waals surface area contributed by atoms with E-state index in [0.29, 0.717) is 12.2 Å². The Morgan fingerprint density at radius 2 is 2.33 bits per heavy atom. The van der Waals surface area contributed by atoms with E-state index in [9.17, 15) is 9.59 Å². The topological polar surface area (TPSA) is 62.3 Å². The number of nitrogens with zero attached hydrogens (tertiary/aromatic N) is 2. The molecule has 1 aromatic rings. The van der Waals surface area contributed by atoms with Crippen molar-refractivity contribution in [3.8, 4) is 0 Å². The van der Waals surface area contributed by atoms with E-state index in [1.54, 1.807) is 6.20 Å². The normalized spacial score (nSPS) is 23.5. The lowest BCUT2D eigenvalue weighted by molar-refractivity contribution is -0.130. The van der Waals surface area contributed by atoms with Crippen molar-refractivity contribution in [2.45, 2.75) is 12.5 Å². The molecule has 0 aliphatic carbocycles. The standard InChI is InChI=1S/C10H9N3O2/c14-8-5-12-10(15)7-4-6-2-1-3-11-9(6)13(7)8/h1-3,7H,4-5H2,(H,12,15). The van der Waals surface area contributed by atoms with Gasteiger partial charge in [0.05, 0.1) is 6.54 Å². The van der Waals surface area contributed by atoms with E-state index in [0.717, 1.165) is 5.56 Å². The van der Waals surface area contributed by atoms with Gasteiger partial charge in [-0.2, -0.15) is 0 Å². The van der Waals surface area contributed by atoms with Crippen LogP contribution in [-0.2, 0) is 16.0 Å². The Labute approximate surface area is 86.1 Å². The molecule has 1 unspecified atom stereocenters. The molecular weight excluding hydrogens is 194 g/mol. The van der Waals surface area contributed by atoms with Crippen LogP contribution in [0.15, 0.2) is 18.3 Å². The van der Waals surface area contributed by atoms with Crippen LogP contribution in [-0.4, -0.2) is 29.4 Å². The third kappa shape index (κ3) is 1.06. The Hall–Kier alpha value is -1.91. The van der Waals surface area contributed by atoms with E-state index in [1.165, 1.54) is 4.90 Å². The van der Waals surface area contributed by atoms with E-state index in [-0.39, 0.29) is 18.4 Å². The summed E-state index contributed by atoms with van der Waals surface area (Å²) in [6, 6.07) is 3.33. The Morgan fingerprint density at radius 1 is 1.47 bits per heavy atom. The van der Waals surface area contributed by atoms with Crippen molar-refractivity contribution >= 4 is 17.6 Å². The zero-order valence-corrected chi connectivity index (χ0v) is 7.93. The van der Waals surface area contributed by atoms with Gasteiger partial charge in [0.15, 0.2) is 0 Å². The summed E-state index contributed by atoms with van der Waals surface area (Å²) < 4.78 is 0. The molecule has 1 saturated heterocycles. The maximum absolute atomic E-state index is 11.7. The molecule has 2 aliphatic rings. The molecule has 1 atom stereocenters. The Morgan fingerprint density at radius 3 is 3.20 bits per heavy atom. The first-order valence-electron chi connectivity index (χ1n) is 4.81. The molecule has 0 bridgehead atoms. The second kappa shape index (κ2) is 2.79. The van der Waals surface area contributed by atoms with Crippen molar-refractivity contribution in [3.05, 3.63) is 23.9 Å². The highest BCUT2D eigenvalue weighted by molar-refractivity contribution is 6.08. The summed E-state index contributed by atoms with van der Waals surface area (Å²) in [5, 5.41) is 2.58. The minimum Gasteiger partial charge on any atom is -0.345 e. The number of rotatable bonds is 0. The van der Waals surface area contributed by atoms with Crippen LogP contribution >= 0.6 is 0 Å². The molecule has 76 valence electrons. The minimum atomic E-state index is -0.392. The summed E-state index contributed by atoms with van der Waals surface area (Å²) in [7, 11) is 0. The fourth-order valence-corrected chi connectivity index (χ4v) is 2.12. The van der Waals surface area contributed by atoms with Gasteiger partial charge in [0.2, 0.25) is 11.8 Å². The molecule has 3 heterocycles. The molecule has 0 aromatic carbocycles. The van der Waals surface area contributed by atoms with Gasteiger partial charge in [0.1, 0.15) is 11.9 Å². The fourth-order valence-electron chi connectivity index (χ4n) is 2.12. The number of pyridine rings is 1. The highest BCUT2D eigenvalue weighted by Gasteiger charge is 2.42. The average Bonchev–Trinajstić information content (AvgIpc) is 2.64. The number of hydrogen-bond donors (Lipinski definition) is 1. The van der Waals surface area contributed by atoms with Gasteiger partial charge >= 0.3 is 0 Å². The summed E-state index contributed by atoms with van der Waals surface area (Å²) in [4.78, 5) is 28.9. The van der Waals surface area contributed by atoms with Crippen LogP contribution in [0.4, 0.5) is 5.82 Å². The minimum absolute atomic E-state index is 0.0747. The number of aromatic nitrogens is 1. The predicted octanol–water partition coefficient (Wildman–Crippen LogP) is -0.531. The number of fused-ring (bicyclic) bond motifs is 3. The van der Waals surface area contributed by atoms with Crippen molar-refractivity contribution in [2.75, 3.05) is 11.4 Å². The molecule has 2 amide bonds. The molecular formula is C10H9N3O2. The van der Waals surface area contributed by atoms with Crippen LogP contribution in [0.1, 0.15) is 5.56 Å². The number of carbonyl (C=O) groups is 2. The smallest absolute Gasteiger partial charge is 0.248 e. The molecule has 1 aromatic heterocycles. The van der Waals surface area contributed by atoms with Crippen LogP contribution in [0.25, 0.3) is 0 Å². The van der Waals surface area contributed by atoms with Gasteiger partial charge in [-0.15, -0.1) is 0 Å². The number of amides is 2. The van der Waals surface area contributed by atoms with Gasteiger partial charge in [-0.3, -0.25) is 14.5 Å². The maximum atomic E-state index is 11.7. The monoisotopic (exact) mass is 203 g/mol. The van der Waals surface area contributed by atoms with Gasteiger partial charge in [-0.25, -0.2) is 4.98 Å². The number of hydrogen-bond acceptors (Lipinski definition) is 3. The first-order valence-corrected chi connectivity index (χ1v) is 4.81. The van der Waals surface area contributed by atoms with Crippen molar-refractivity contribution in [1.82, 2.24) is 10.3 Å². The summed E-state index contributed by atoms with van der Waals surface area (Å²) in [6.45, 7) is 0.0747. The van der Waals surface area contributed by atoms with Crippen LogP contribution in [0.3, 0.4) is 0 Å². The molecule has 3 rings (SSSR count). The van der Waals surface area contributed by atoms with Crippen LogP contribution in [0.5, 0.6) is 0 Å². The van der Waals surface area contributed by atoms with Crippen LogP contribution in [0, 0.1) is 0 Å². The van der Waals surface area contributed by atoms with Crippen LogP contribution in [0.2, 0.25) is 0 Å². The molecule has 1 fully saturated rings. The lowest BCUT2D eigenvalue weighted by Gasteiger charge is -2.28. The molecule has 15 heavy (non-hydrogen) atoms. The number of nitrogens with one attached hydrogen (secondary N) is 1. The molecule has 0 saturated carbocycles. The Bertz CT molecular complexity index is 458. The zero-order valence-electron chi connectivity index (χ0n) is 7.93. The SMILES string of the molecule is O=C1NCC(=O)N2c3ncccc3CC12. The molecule has 0 spiro atoms. The number of piperazine rings is 1. The second-order valence-corrected chi connectivity index (χ2v) is 3.69. The van der Waals surface area contributed by atoms with E-state index >= 15 is 0 Å². The van der Waals surface area contributed by atoms with Crippen molar-refractivity contribution in [2.24, 2.45) is 0 Å². The van der Waals surface area contributed by atoms with E-state index in [1.807, 2.05) is 12.1 Å². The van der Waals surface area contributed by atoms with Crippen molar-refractivity contribution in [1.29, 1.82) is 0 Å². The molecule has 1 N–H and O–H groups in total. The summed E-state index contributed by atoms with van der Waals surface area (Å²) in [6.07, 6.45) is 2.21. The molecule has 5 heteroatoms. The Balaban J connectivity index is 2.11. The zero-order chi connectivity index (χ0) is 10.4. The van der Waals surface area contributed by atoms with Crippen molar-refractivity contribution < 1.29 is 9.59 Å². The van der Waals surface area contributed by atoms with Crippen LogP contribution < -0.4 is 10.2 Å². The van der Waals surface area contributed by atoms with E-state index < -0.39 is 6.04 Å². The first kappa shape index (κ1) is 8.40. The van der Waals surface area contributed by atoms with E-state index in [4.69, 9.17) is 0 Å². The van der Waals surface area contributed by atoms with E-state index in [2.05, 4.69) is 10.3 Å². The summed E-state index contributed by atoms with van der Waals surface area (Å²) >= 11 is 0. The van der Waals surface area contributed by atoms with Gasteiger partial charge in [-0.1, -0.05) is 6.07 Å². The lowest BCUT2D eigenvalue weighted by atomic mass is 10.1. The second-order valence-electron chi connectivity index (χ2n) is 3.69.